The van der Waals surface area contributed by atoms with Gasteiger partial charge in [0, 0.05) is 6.07 Å². The Morgan fingerprint density at radius 1 is 1.09 bits per heavy atom. The minimum atomic E-state index is -3.88. The molecular weight excluding hydrogens is 340 g/mol. The second-order valence-electron chi connectivity index (χ2n) is 4.49. The van der Waals surface area contributed by atoms with Gasteiger partial charge in [0.25, 0.3) is 10.0 Å². The molecule has 23 heavy (non-hydrogen) atoms. The number of nitrogens with one attached hydrogen (secondary N) is 1. The molecule has 0 fully saturated rings. The minimum Gasteiger partial charge on any atom is -0.481 e. The van der Waals surface area contributed by atoms with Crippen molar-refractivity contribution < 1.29 is 13.2 Å². The van der Waals surface area contributed by atoms with Crippen LogP contribution < -0.4 is 9.46 Å². The van der Waals surface area contributed by atoms with Crippen LogP contribution in [0.15, 0.2) is 47.5 Å². The van der Waals surface area contributed by atoms with Gasteiger partial charge in [0.1, 0.15) is 4.90 Å². The van der Waals surface area contributed by atoms with Crippen LogP contribution >= 0.6 is 11.6 Å². The summed E-state index contributed by atoms with van der Waals surface area (Å²) in [6, 6.07) is 9.83. The van der Waals surface area contributed by atoms with Gasteiger partial charge >= 0.3 is 0 Å². The van der Waals surface area contributed by atoms with Crippen molar-refractivity contribution >= 4 is 38.5 Å². The highest BCUT2D eigenvalue weighted by atomic mass is 35.5. The number of ether oxygens (including phenoxy) is 1. The highest BCUT2D eigenvalue weighted by Gasteiger charge is 2.18. The molecule has 0 unspecified atom stereocenters. The lowest BCUT2D eigenvalue weighted by Gasteiger charge is -2.09. The quantitative estimate of drug-likeness (QED) is 0.776. The number of aromatic nitrogens is 3. The van der Waals surface area contributed by atoms with E-state index in [1.165, 1.54) is 25.4 Å². The first-order valence-electron chi connectivity index (χ1n) is 6.45. The van der Waals surface area contributed by atoms with E-state index in [2.05, 4.69) is 19.7 Å². The van der Waals surface area contributed by atoms with E-state index in [4.69, 9.17) is 16.3 Å². The van der Waals surface area contributed by atoms with E-state index in [9.17, 15) is 8.42 Å². The van der Waals surface area contributed by atoms with Crippen LogP contribution in [0.4, 0.5) is 5.82 Å². The molecule has 0 aliphatic rings. The highest BCUT2D eigenvalue weighted by molar-refractivity contribution is 7.92. The Bertz CT molecular complexity index is 961. The maximum atomic E-state index is 12.4. The number of pyridine rings is 1. The number of para-hydroxylation sites is 2. The van der Waals surface area contributed by atoms with Gasteiger partial charge in [0.05, 0.1) is 24.3 Å². The number of fused-ring (bicyclic) bond motifs is 1. The lowest BCUT2D eigenvalue weighted by atomic mass is 10.3. The monoisotopic (exact) mass is 350 g/mol. The molecule has 0 saturated heterocycles. The van der Waals surface area contributed by atoms with Crippen molar-refractivity contribution in [2.24, 2.45) is 0 Å². The Hall–Kier alpha value is -2.45. The molecule has 0 aliphatic heterocycles. The van der Waals surface area contributed by atoms with Gasteiger partial charge in [-0.05, 0) is 18.2 Å². The van der Waals surface area contributed by atoms with E-state index in [1.807, 2.05) is 0 Å². The number of hydrogen-bond acceptors (Lipinski definition) is 6. The predicted octanol–water partition coefficient (Wildman–Crippen LogP) is 2.49. The molecule has 2 aromatic heterocycles. The Balaban J connectivity index is 1.97. The molecule has 0 saturated carbocycles. The van der Waals surface area contributed by atoms with Crippen LogP contribution in [0.1, 0.15) is 0 Å². The van der Waals surface area contributed by atoms with E-state index in [-0.39, 0.29) is 15.9 Å². The molecule has 118 valence electrons. The number of hydrogen-bond donors (Lipinski definition) is 1. The number of benzene rings is 1. The molecule has 0 spiro atoms. The first-order valence-corrected chi connectivity index (χ1v) is 8.31. The zero-order valence-corrected chi connectivity index (χ0v) is 13.5. The van der Waals surface area contributed by atoms with Crippen LogP contribution in [0, 0.1) is 0 Å². The fourth-order valence-corrected chi connectivity index (χ4v) is 3.07. The van der Waals surface area contributed by atoms with E-state index in [0.29, 0.717) is 16.9 Å². The number of anilines is 1. The minimum absolute atomic E-state index is 0.0336. The molecule has 1 N–H and O–H groups in total. The van der Waals surface area contributed by atoms with Gasteiger partial charge in [-0.2, -0.15) is 0 Å². The smallest absolute Gasteiger partial charge is 0.264 e. The number of sulfonamides is 1. The standard InChI is InChI=1S/C14H11ClN4O3S/c1-22-12-7-6-9(8-16-12)23(20,21)19-14-13(15)17-10-4-2-3-5-11(10)18-14/h2-8H,1H3,(H,18,19). The zero-order chi connectivity index (χ0) is 16.4. The van der Waals surface area contributed by atoms with Gasteiger partial charge in [-0.3, -0.25) is 4.72 Å². The highest BCUT2D eigenvalue weighted by Crippen LogP contribution is 2.24. The van der Waals surface area contributed by atoms with E-state index >= 15 is 0 Å². The molecular formula is C14H11ClN4O3S. The topological polar surface area (TPSA) is 94.1 Å². The molecule has 0 atom stereocenters. The summed E-state index contributed by atoms with van der Waals surface area (Å²) in [5, 5.41) is -0.0336. The first kappa shape index (κ1) is 15.4. The molecule has 0 radical (unpaired) electrons. The van der Waals surface area contributed by atoms with Gasteiger partial charge in [-0.1, -0.05) is 23.7 Å². The Kier molecular flexibility index (Phi) is 4.01. The molecule has 3 rings (SSSR count). The van der Waals surface area contributed by atoms with Crippen molar-refractivity contribution in [2.45, 2.75) is 4.90 Å². The number of rotatable bonds is 4. The molecule has 9 heteroatoms. The lowest BCUT2D eigenvalue weighted by Crippen LogP contribution is -2.15. The first-order chi connectivity index (χ1) is 11.0. The maximum absolute atomic E-state index is 12.4. The van der Waals surface area contributed by atoms with Gasteiger partial charge in [0.2, 0.25) is 5.88 Å². The van der Waals surface area contributed by atoms with Crippen LogP contribution in [0.3, 0.4) is 0 Å². The normalized spacial score (nSPS) is 11.4. The maximum Gasteiger partial charge on any atom is 0.264 e. The van der Waals surface area contributed by atoms with E-state index in [1.54, 1.807) is 24.3 Å². The average Bonchev–Trinajstić information content (AvgIpc) is 2.55. The second-order valence-corrected chi connectivity index (χ2v) is 6.53. The van der Waals surface area contributed by atoms with Gasteiger partial charge in [-0.15, -0.1) is 0 Å². The fourth-order valence-electron chi connectivity index (χ4n) is 1.88. The van der Waals surface area contributed by atoms with Crippen molar-refractivity contribution in [3.8, 4) is 5.88 Å². The summed E-state index contributed by atoms with van der Waals surface area (Å²) < 4.78 is 32.0. The summed E-state index contributed by atoms with van der Waals surface area (Å²) in [7, 11) is -2.44. The molecule has 1 aromatic carbocycles. The van der Waals surface area contributed by atoms with Crippen molar-refractivity contribution in [3.63, 3.8) is 0 Å². The Morgan fingerprint density at radius 2 is 1.78 bits per heavy atom. The van der Waals surface area contributed by atoms with Crippen LogP contribution in [-0.4, -0.2) is 30.5 Å². The zero-order valence-electron chi connectivity index (χ0n) is 11.9. The Morgan fingerprint density at radius 3 is 2.39 bits per heavy atom. The van der Waals surface area contributed by atoms with Crippen LogP contribution in [0.5, 0.6) is 5.88 Å². The lowest BCUT2D eigenvalue weighted by molar-refractivity contribution is 0.397. The summed E-state index contributed by atoms with van der Waals surface area (Å²) in [4.78, 5) is 12.1. The van der Waals surface area contributed by atoms with Gasteiger partial charge < -0.3 is 4.74 Å². The van der Waals surface area contributed by atoms with E-state index in [0.717, 1.165) is 0 Å². The summed E-state index contributed by atoms with van der Waals surface area (Å²) in [6.45, 7) is 0. The largest absolute Gasteiger partial charge is 0.481 e. The second kappa shape index (κ2) is 5.98. The summed E-state index contributed by atoms with van der Waals surface area (Å²) in [6.07, 6.45) is 1.18. The van der Waals surface area contributed by atoms with Crippen molar-refractivity contribution in [3.05, 3.63) is 47.7 Å². The molecule has 7 nitrogen and oxygen atoms in total. The molecule has 0 amide bonds. The van der Waals surface area contributed by atoms with Crippen LogP contribution in [0.25, 0.3) is 11.0 Å². The third-order valence-electron chi connectivity index (χ3n) is 2.99. The van der Waals surface area contributed by atoms with E-state index < -0.39 is 10.0 Å². The third-order valence-corrected chi connectivity index (χ3v) is 4.58. The molecule has 2 heterocycles. The van der Waals surface area contributed by atoms with Crippen molar-refractivity contribution in [1.82, 2.24) is 15.0 Å². The van der Waals surface area contributed by atoms with Gasteiger partial charge in [0.15, 0.2) is 11.0 Å². The third kappa shape index (κ3) is 3.17. The van der Waals surface area contributed by atoms with Crippen LogP contribution in [-0.2, 0) is 10.0 Å². The number of nitrogens with zero attached hydrogens (tertiary/aromatic N) is 3. The average molecular weight is 351 g/mol. The summed E-state index contributed by atoms with van der Waals surface area (Å²) in [5.74, 6) is 0.272. The fraction of sp³-hybridized carbons (Fsp3) is 0.0714. The summed E-state index contributed by atoms with van der Waals surface area (Å²) >= 11 is 6.01. The SMILES string of the molecule is COc1ccc(S(=O)(=O)Nc2nc3ccccc3nc2Cl)cn1. The molecule has 3 aromatic rings. The number of methoxy groups -OCH3 is 1. The predicted molar refractivity (Wildman–Crippen MR) is 86.1 cm³/mol. The Labute approximate surface area is 137 Å². The van der Waals surface area contributed by atoms with Crippen LogP contribution in [0.2, 0.25) is 5.15 Å². The van der Waals surface area contributed by atoms with Gasteiger partial charge in [-0.25, -0.2) is 23.4 Å². The van der Waals surface area contributed by atoms with Crippen molar-refractivity contribution in [1.29, 1.82) is 0 Å². The van der Waals surface area contributed by atoms with Crippen molar-refractivity contribution in [2.75, 3.05) is 11.8 Å². The molecule has 0 bridgehead atoms. The summed E-state index contributed by atoms with van der Waals surface area (Å²) in [5.41, 5.74) is 1.11. The number of halogens is 1. The molecule has 0 aliphatic carbocycles.